The van der Waals surface area contributed by atoms with Crippen LogP contribution in [0.15, 0.2) is 34.9 Å². The van der Waals surface area contributed by atoms with Crippen LogP contribution in [0.5, 0.6) is 0 Å². The molecule has 0 aliphatic carbocycles. The number of furan rings is 1. The van der Waals surface area contributed by atoms with Gasteiger partial charge in [-0.3, -0.25) is 9.59 Å². The van der Waals surface area contributed by atoms with Crippen molar-refractivity contribution in [3.05, 3.63) is 36.1 Å². The Morgan fingerprint density at radius 3 is 2.84 bits per heavy atom. The maximum atomic E-state index is 11.5. The van der Waals surface area contributed by atoms with Gasteiger partial charge in [-0.2, -0.15) is 0 Å². The molecule has 0 atom stereocenters. The summed E-state index contributed by atoms with van der Waals surface area (Å²) in [5.74, 6) is -0.570. The van der Waals surface area contributed by atoms with Crippen molar-refractivity contribution in [2.75, 3.05) is 7.11 Å². The summed E-state index contributed by atoms with van der Waals surface area (Å²) in [6.45, 7) is 0.386. The first-order valence-corrected chi connectivity index (χ1v) is 5.99. The maximum absolute atomic E-state index is 11.5. The van der Waals surface area contributed by atoms with Crippen molar-refractivity contribution < 1.29 is 18.7 Å². The van der Waals surface area contributed by atoms with Crippen molar-refractivity contribution in [1.82, 2.24) is 5.32 Å². The number of esters is 1. The fourth-order valence-corrected chi connectivity index (χ4v) is 1.77. The van der Waals surface area contributed by atoms with Crippen LogP contribution >= 0.6 is 0 Å². The summed E-state index contributed by atoms with van der Waals surface area (Å²) in [6, 6.07) is 7.62. The number of carbonyl (C=O) groups is 2. The Morgan fingerprint density at radius 2 is 2.05 bits per heavy atom. The summed E-state index contributed by atoms with van der Waals surface area (Å²) in [5, 5.41) is 3.73. The van der Waals surface area contributed by atoms with Gasteiger partial charge in [0.1, 0.15) is 5.58 Å². The van der Waals surface area contributed by atoms with Gasteiger partial charge in [0.15, 0.2) is 0 Å². The number of benzene rings is 1. The first-order chi connectivity index (χ1) is 9.20. The van der Waals surface area contributed by atoms with Crippen molar-refractivity contribution in [2.45, 2.75) is 19.4 Å². The number of para-hydroxylation sites is 1. The second kappa shape index (κ2) is 6.04. The van der Waals surface area contributed by atoms with Crippen LogP contribution in [0.4, 0.5) is 0 Å². The van der Waals surface area contributed by atoms with E-state index in [1.54, 1.807) is 6.26 Å². The van der Waals surface area contributed by atoms with E-state index in [1.165, 1.54) is 7.11 Å². The van der Waals surface area contributed by atoms with E-state index in [2.05, 4.69) is 10.1 Å². The summed E-state index contributed by atoms with van der Waals surface area (Å²) in [7, 11) is 1.30. The minimum absolute atomic E-state index is 0.0917. The zero-order valence-corrected chi connectivity index (χ0v) is 10.6. The number of rotatable bonds is 5. The lowest BCUT2D eigenvalue weighted by Gasteiger charge is -2.03. The van der Waals surface area contributed by atoms with Crippen LogP contribution in [0, 0.1) is 0 Å². The summed E-state index contributed by atoms with van der Waals surface area (Å²) < 4.78 is 9.85. The highest BCUT2D eigenvalue weighted by molar-refractivity contribution is 5.83. The summed E-state index contributed by atoms with van der Waals surface area (Å²) in [4.78, 5) is 22.5. The van der Waals surface area contributed by atoms with Crippen LogP contribution in [0.2, 0.25) is 0 Å². The van der Waals surface area contributed by atoms with Crippen molar-refractivity contribution in [3.63, 3.8) is 0 Å². The number of carbonyl (C=O) groups excluding carboxylic acids is 2. The molecule has 19 heavy (non-hydrogen) atoms. The quantitative estimate of drug-likeness (QED) is 0.836. The van der Waals surface area contributed by atoms with Crippen LogP contribution in [0.3, 0.4) is 0 Å². The first-order valence-electron chi connectivity index (χ1n) is 5.99. The largest absolute Gasteiger partial charge is 0.469 e. The van der Waals surface area contributed by atoms with Crippen molar-refractivity contribution in [3.8, 4) is 0 Å². The third-order valence-electron chi connectivity index (χ3n) is 2.82. The number of hydrogen-bond donors (Lipinski definition) is 1. The minimum Gasteiger partial charge on any atom is -0.469 e. The van der Waals surface area contributed by atoms with E-state index in [0.29, 0.717) is 6.54 Å². The molecule has 2 rings (SSSR count). The molecule has 5 nitrogen and oxygen atoms in total. The average Bonchev–Trinajstić information content (AvgIpc) is 2.85. The van der Waals surface area contributed by atoms with Gasteiger partial charge in [0, 0.05) is 23.9 Å². The Morgan fingerprint density at radius 1 is 1.26 bits per heavy atom. The first kappa shape index (κ1) is 13.1. The Hall–Kier alpha value is -2.30. The molecule has 0 spiro atoms. The summed E-state index contributed by atoms with van der Waals surface area (Å²) in [5.41, 5.74) is 1.71. The Labute approximate surface area is 110 Å². The number of nitrogens with one attached hydrogen (secondary N) is 1. The van der Waals surface area contributed by atoms with Crippen molar-refractivity contribution in [1.29, 1.82) is 0 Å². The normalized spacial score (nSPS) is 10.4. The van der Waals surface area contributed by atoms with Gasteiger partial charge in [-0.1, -0.05) is 18.2 Å². The van der Waals surface area contributed by atoms with E-state index in [4.69, 9.17) is 4.42 Å². The second-order valence-corrected chi connectivity index (χ2v) is 4.11. The fourth-order valence-electron chi connectivity index (χ4n) is 1.77. The van der Waals surface area contributed by atoms with E-state index >= 15 is 0 Å². The molecule has 0 saturated carbocycles. The molecule has 100 valence electrons. The van der Waals surface area contributed by atoms with Gasteiger partial charge in [0.05, 0.1) is 19.8 Å². The van der Waals surface area contributed by atoms with Gasteiger partial charge >= 0.3 is 5.97 Å². The molecule has 2 aromatic rings. The zero-order valence-electron chi connectivity index (χ0n) is 10.6. The highest BCUT2D eigenvalue weighted by Crippen LogP contribution is 2.20. The maximum Gasteiger partial charge on any atom is 0.306 e. The Kier molecular flexibility index (Phi) is 4.18. The monoisotopic (exact) mass is 261 g/mol. The van der Waals surface area contributed by atoms with Crippen molar-refractivity contribution >= 4 is 22.8 Å². The van der Waals surface area contributed by atoms with Gasteiger partial charge < -0.3 is 14.5 Å². The van der Waals surface area contributed by atoms with Crippen LogP contribution in [-0.4, -0.2) is 19.0 Å². The third-order valence-corrected chi connectivity index (χ3v) is 2.82. The smallest absolute Gasteiger partial charge is 0.306 e. The molecule has 1 aromatic heterocycles. The molecule has 0 radical (unpaired) electrons. The van der Waals surface area contributed by atoms with Gasteiger partial charge in [-0.15, -0.1) is 0 Å². The molecule has 1 N–H and O–H groups in total. The molecule has 0 unspecified atom stereocenters. The highest BCUT2D eigenvalue weighted by Gasteiger charge is 2.09. The summed E-state index contributed by atoms with van der Waals surface area (Å²) >= 11 is 0. The second-order valence-electron chi connectivity index (χ2n) is 4.11. The van der Waals surface area contributed by atoms with Crippen LogP contribution in [0.1, 0.15) is 18.4 Å². The molecule has 1 aromatic carbocycles. The molecule has 0 bridgehead atoms. The van der Waals surface area contributed by atoms with E-state index < -0.39 is 0 Å². The van der Waals surface area contributed by atoms with E-state index in [-0.39, 0.29) is 24.7 Å². The number of fused-ring (bicyclic) bond motifs is 1. The van der Waals surface area contributed by atoms with Crippen LogP contribution in [-0.2, 0) is 20.9 Å². The predicted molar refractivity (Wildman–Crippen MR) is 69.3 cm³/mol. The molecule has 0 aliphatic heterocycles. The van der Waals surface area contributed by atoms with Gasteiger partial charge in [-0.05, 0) is 6.07 Å². The van der Waals surface area contributed by atoms with Gasteiger partial charge in [0.2, 0.25) is 5.91 Å². The standard InChI is InChI=1S/C14H15NO4/c1-18-14(17)7-6-13(16)15-8-10-9-19-12-5-3-2-4-11(10)12/h2-5,9H,6-8H2,1H3,(H,15,16). The lowest BCUT2D eigenvalue weighted by Crippen LogP contribution is -2.23. The molecule has 0 saturated heterocycles. The Bertz CT molecular complexity index is 588. The van der Waals surface area contributed by atoms with Crippen molar-refractivity contribution in [2.24, 2.45) is 0 Å². The van der Waals surface area contributed by atoms with Crippen LogP contribution in [0.25, 0.3) is 11.0 Å². The van der Waals surface area contributed by atoms with Gasteiger partial charge in [-0.25, -0.2) is 0 Å². The highest BCUT2D eigenvalue weighted by atomic mass is 16.5. The molecule has 1 amide bonds. The molecular weight excluding hydrogens is 246 g/mol. The predicted octanol–water partition coefficient (Wildman–Crippen LogP) is 2.00. The minimum atomic E-state index is -0.385. The molecular formula is C14H15NO4. The third kappa shape index (κ3) is 3.34. The SMILES string of the molecule is COC(=O)CCC(=O)NCc1coc2ccccc12. The summed E-state index contributed by atoms with van der Waals surface area (Å²) in [6.07, 6.45) is 1.85. The molecule has 5 heteroatoms. The number of amides is 1. The average molecular weight is 261 g/mol. The Balaban J connectivity index is 1.88. The number of methoxy groups -OCH3 is 1. The van der Waals surface area contributed by atoms with E-state index in [0.717, 1.165) is 16.5 Å². The molecule has 0 aliphatic rings. The topological polar surface area (TPSA) is 68.5 Å². The van der Waals surface area contributed by atoms with E-state index in [1.807, 2.05) is 24.3 Å². The van der Waals surface area contributed by atoms with E-state index in [9.17, 15) is 9.59 Å². The molecule has 0 fully saturated rings. The lowest BCUT2D eigenvalue weighted by atomic mass is 10.2. The lowest BCUT2D eigenvalue weighted by molar-refractivity contribution is -0.142. The van der Waals surface area contributed by atoms with Crippen LogP contribution < -0.4 is 5.32 Å². The zero-order chi connectivity index (χ0) is 13.7. The number of ether oxygens (including phenoxy) is 1. The molecule has 1 heterocycles. The number of hydrogen-bond acceptors (Lipinski definition) is 4. The fraction of sp³-hybridized carbons (Fsp3) is 0.286. The van der Waals surface area contributed by atoms with Gasteiger partial charge in [0.25, 0.3) is 0 Å².